The Labute approximate surface area is 197 Å². The van der Waals surface area contributed by atoms with Gasteiger partial charge in [0.15, 0.2) is 5.69 Å². The summed E-state index contributed by atoms with van der Waals surface area (Å²) in [6.07, 6.45) is 1.24. The minimum absolute atomic E-state index is 0.000146. The van der Waals surface area contributed by atoms with Gasteiger partial charge in [-0.3, -0.25) is 19.7 Å². The van der Waals surface area contributed by atoms with Crippen LogP contribution < -0.4 is 15.7 Å². The number of hydrogen-bond acceptors (Lipinski definition) is 7. The van der Waals surface area contributed by atoms with Gasteiger partial charge in [0.05, 0.1) is 21.5 Å². The first-order chi connectivity index (χ1) is 16.3. The van der Waals surface area contributed by atoms with Crippen molar-refractivity contribution in [2.24, 2.45) is 12.1 Å². The summed E-state index contributed by atoms with van der Waals surface area (Å²) in [7, 11) is 1.44. The molecule has 11 heteroatoms. The van der Waals surface area contributed by atoms with E-state index in [1.165, 1.54) is 31.5 Å². The van der Waals surface area contributed by atoms with Crippen molar-refractivity contribution in [3.05, 3.63) is 103 Å². The predicted molar refractivity (Wildman–Crippen MR) is 127 cm³/mol. The smallest absolute Gasteiger partial charge is 0.312 e. The van der Waals surface area contributed by atoms with E-state index < -0.39 is 10.8 Å². The lowest BCUT2D eigenvalue weighted by Crippen LogP contribution is -2.27. The summed E-state index contributed by atoms with van der Waals surface area (Å²) in [5.41, 5.74) is 2.06. The number of nitro benzene ring substituents is 1. The minimum Gasteiger partial charge on any atom is -0.449 e. The van der Waals surface area contributed by atoms with Crippen molar-refractivity contribution in [1.82, 2.24) is 15.2 Å². The predicted octanol–water partition coefficient (Wildman–Crippen LogP) is 4.05. The number of ether oxygens (including phenoxy) is 1. The normalized spacial score (nSPS) is 11.0. The van der Waals surface area contributed by atoms with Crippen molar-refractivity contribution in [3.8, 4) is 11.5 Å². The van der Waals surface area contributed by atoms with Gasteiger partial charge in [0.1, 0.15) is 5.75 Å². The summed E-state index contributed by atoms with van der Waals surface area (Å²) in [5, 5.41) is 20.5. The van der Waals surface area contributed by atoms with Crippen molar-refractivity contribution >= 4 is 40.2 Å². The molecule has 3 aromatic carbocycles. The number of hydrogen-bond donors (Lipinski definition) is 1. The van der Waals surface area contributed by atoms with E-state index in [0.29, 0.717) is 21.4 Å². The molecule has 0 bridgehead atoms. The van der Waals surface area contributed by atoms with Gasteiger partial charge in [-0.05, 0) is 30.3 Å². The van der Waals surface area contributed by atoms with Crippen molar-refractivity contribution < 1.29 is 14.5 Å². The second-order valence-electron chi connectivity index (χ2n) is 7.04. The first kappa shape index (κ1) is 22.6. The number of nitrogens with zero attached hydrogens (tertiary/aromatic N) is 4. The molecule has 1 amide bonds. The molecule has 0 atom stereocenters. The Hall–Kier alpha value is -4.57. The number of nitrogens with one attached hydrogen (secondary N) is 1. The average molecular weight is 478 g/mol. The number of fused-ring (bicyclic) bond motifs is 1. The summed E-state index contributed by atoms with van der Waals surface area (Å²) >= 11 is 6.06. The quantitative estimate of drug-likeness (QED) is 0.253. The number of para-hydroxylation sites is 1. The number of carbonyl (C=O) groups is 1. The molecule has 0 unspecified atom stereocenters. The Kier molecular flexibility index (Phi) is 6.33. The van der Waals surface area contributed by atoms with Crippen LogP contribution in [0.5, 0.6) is 11.5 Å². The molecule has 0 spiro atoms. The van der Waals surface area contributed by atoms with Crippen LogP contribution in [-0.2, 0) is 7.05 Å². The fourth-order valence-corrected chi connectivity index (χ4v) is 3.35. The number of nitro groups is 1. The van der Waals surface area contributed by atoms with E-state index in [1.807, 2.05) is 0 Å². The zero-order chi connectivity index (χ0) is 24.2. The second-order valence-corrected chi connectivity index (χ2v) is 7.45. The van der Waals surface area contributed by atoms with Gasteiger partial charge in [-0.2, -0.15) is 10.2 Å². The highest BCUT2D eigenvalue weighted by atomic mass is 35.5. The summed E-state index contributed by atoms with van der Waals surface area (Å²) < 4.78 is 6.67. The average Bonchev–Trinajstić information content (AvgIpc) is 2.83. The third kappa shape index (κ3) is 4.62. The van der Waals surface area contributed by atoms with Crippen LogP contribution in [-0.4, -0.2) is 26.8 Å². The Bertz CT molecular complexity index is 1520. The van der Waals surface area contributed by atoms with Gasteiger partial charge in [-0.25, -0.2) is 10.1 Å². The van der Waals surface area contributed by atoms with Crippen molar-refractivity contribution in [2.45, 2.75) is 0 Å². The van der Waals surface area contributed by atoms with Gasteiger partial charge in [0.25, 0.3) is 11.5 Å². The molecule has 34 heavy (non-hydrogen) atoms. The van der Waals surface area contributed by atoms with Crippen LogP contribution in [0.3, 0.4) is 0 Å². The number of amides is 1. The van der Waals surface area contributed by atoms with Crippen LogP contribution in [0.4, 0.5) is 5.69 Å². The van der Waals surface area contributed by atoms with Gasteiger partial charge in [0.2, 0.25) is 5.75 Å². The molecule has 0 aliphatic carbocycles. The number of hydrazone groups is 1. The highest BCUT2D eigenvalue weighted by Gasteiger charge is 2.18. The Morgan fingerprint density at radius 1 is 1.12 bits per heavy atom. The Morgan fingerprint density at radius 3 is 2.56 bits per heavy atom. The molecule has 10 nitrogen and oxygen atoms in total. The summed E-state index contributed by atoms with van der Waals surface area (Å²) in [4.78, 5) is 35.8. The van der Waals surface area contributed by atoms with Crippen LogP contribution in [0.15, 0.2) is 76.6 Å². The molecule has 4 rings (SSSR count). The van der Waals surface area contributed by atoms with E-state index in [4.69, 9.17) is 16.3 Å². The Balaban J connectivity index is 1.56. The molecule has 0 aliphatic rings. The molecule has 1 N–H and O–H groups in total. The highest BCUT2D eigenvalue weighted by Crippen LogP contribution is 2.35. The minimum atomic E-state index is -0.642. The number of aryl methyl sites for hydroxylation is 1. The van der Waals surface area contributed by atoms with Crippen LogP contribution >= 0.6 is 11.6 Å². The topological polar surface area (TPSA) is 129 Å². The number of carbonyl (C=O) groups excluding carboxylic acids is 1. The first-order valence-corrected chi connectivity index (χ1v) is 10.2. The molecule has 1 aromatic heterocycles. The fourth-order valence-electron chi connectivity index (χ4n) is 3.18. The maximum absolute atomic E-state index is 12.6. The van der Waals surface area contributed by atoms with E-state index in [1.54, 1.807) is 48.5 Å². The lowest BCUT2D eigenvalue weighted by atomic mass is 10.1. The van der Waals surface area contributed by atoms with Crippen LogP contribution in [0.25, 0.3) is 10.8 Å². The van der Waals surface area contributed by atoms with Crippen LogP contribution in [0, 0.1) is 10.1 Å². The third-order valence-electron chi connectivity index (χ3n) is 4.79. The molecule has 0 fully saturated rings. The third-order valence-corrected chi connectivity index (χ3v) is 5.10. The lowest BCUT2D eigenvalue weighted by molar-refractivity contribution is -0.385. The molecule has 1 heterocycles. The zero-order valence-corrected chi connectivity index (χ0v) is 18.4. The summed E-state index contributed by atoms with van der Waals surface area (Å²) in [6, 6.07) is 17.4. The molecule has 0 saturated heterocycles. The fraction of sp³-hybridized carbons (Fsp3) is 0.0435. The van der Waals surface area contributed by atoms with Crippen LogP contribution in [0.1, 0.15) is 16.1 Å². The number of halogens is 1. The first-order valence-electron chi connectivity index (χ1n) is 9.85. The Morgan fingerprint density at radius 2 is 1.82 bits per heavy atom. The van der Waals surface area contributed by atoms with Crippen molar-refractivity contribution in [2.75, 3.05) is 0 Å². The largest absolute Gasteiger partial charge is 0.449 e. The van der Waals surface area contributed by atoms with Crippen molar-refractivity contribution in [1.29, 1.82) is 0 Å². The lowest BCUT2D eigenvalue weighted by Gasteiger charge is -2.08. The standard InChI is InChI=1S/C23H16ClN5O5/c1-28-23(31)16-7-3-2-6-15(16)21(27-28)22(30)26-25-13-14-10-11-20(18(12-14)29(32)33)34-19-9-5-4-8-17(19)24/h2-13H,1H3,(H,26,30). The molecule has 4 aromatic rings. The summed E-state index contributed by atoms with van der Waals surface area (Å²) in [6.45, 7) is 0. The van der Waals surface area contributed by atoms with E-state index in [2.05, 4.69) is 15.6 Å². The number of benzene rings is 3. The molecule has 0 radical (unpaired) electrons. The van der Waals surface area contributed by atoms with E-state index in [9.17, 15) is 19.7 Å². The van der Waals surface area contributed by atoms with Gasteiger partial charge in [-0.1, -0.05) is 41.9 Å². The van der Waals surface area contributed by atoms with E-state index in [-0.39, 0.29) is 28.4 Å². The van der Waals surface area contributed by atoms with E-state index >= 15 is 0 Å². The summed E-state index contributed by atoms with van der Waals surface area (Å²) in [5.74, 6) is -0.366. The molecule has 170 valence electrons. The second kappa shape index (κ2) is 9.51. The maximum Gasteiger partial charge on any atom is 0.312 e. The monoisotopic (exact) mass is 477 g/mol. The molecular formula is C23H16ClN5O5. The maximum atomic E-state index is 12.6. The van der Waals surface area contributed by atoms with Crippen molar-refractivity contribution in [3.63, 3.8) is 0 Å². The molecule has 0 aliphatic heterocycles. The molecular weight excluding hydrogens is 462 g/mol. The van der Waals surface area contributed by atoms with Crippen LogP contribution in [0.2, 0.25) is 5.02 Å². The number of aromatic nitrogens is 2. The van der Waals surface area contributed by atoms with Gasteiger partial charge < -0.3 is 4.74 Å². The SMILES string of the molecule is Cn1nc(C(=O)NN=Cc2ccc(Oc3ccccc3Cl)c([N+](=O)[O-])c2)c2ccccc2c1=O. The van der Waals surface area contributed by atoms with Gasteiger partial charge >= 0.3 is 5.69 Å². The van der Waals surface area contributed by atoms with E-state index in [0.717, 1.165) is 4.68 Å². The molecule has 0 saturated carbocycles. The van der Waals surface area contributed by atoms with Gasteiger partial charge in [-0.15, -0.1) is 0 Å². The number of rotatable bonds is 6. The highest BCUT2D eigenvalue weighted by molar-refractivity contribution is 6.32. The van der Waals surface area contributed by atoms with Gasteiger partial charge in [0, 0.05) is 24.1 Å². The zero-order valence-electron chi connectivity index (χ0n) is 17.6.